The molecule has 0 spiro atoms. The number of phenolic OH excluding ortho intramolecular Hbond substituents is 2. The van der Waals surface area contributed by atoms with Crippen LogP contribution < -0.4 is 0 Å². The number of rotatable bonds is 1. The Labute approximate surface area is 103 Å². The van der Waals surface area contributed by atoms with E-state index in [1.54, 1.807) is 0 Å². The third-order valence-corrected chi connectivity index (χ3v) is 4.15. The molecule has 2 rings (SSSR count). The van der Waals surface area contributed by atoms with Crippen molar-refractivity contribution in [3.63, 3.8) is 0 Å². The molecule has 0 bridgehead atoms. The van der Waals surface area contributed by atoms with E-state index in [0.717, 1.165) is 17.5 Å². The van der Waals surface area contributed by atoms with Crippen LogP contribution in [0.25, 0.3) is 0 Å². The van der Waals surface area contributed by atoms with Gasteiger partial charge in [-0.25, -0.2) is 0 Å². The Kier molecular flexibility index (Phi) is 3.07. The molecule has 17 heavy (non-hydrogen) atoms. The fourth-order valence-electron chi connectivity index (χ4n) is 3.02. The number of phenols is 2. The van der Waals surface area contributed by atoms with Crippen LogP contribution in [0.1, 0.15) is 62.1 Å². The van der Waals surface area contributed by atoms with E-state index in [1.807, 2.05) is 13.0 Å². The Morgan fingerprint density at radius 2 is 1.82 bits per heavy atom. The Bertz CT molecular complexity index is 435. The van der Waals surface area contributed by atoms with Gasteiger partial charge in [-0.3, -0.25) is 0 Å². The first-order valence-corrected chi connectivity index (χ1v) is 6.48. The molecule has 1 aliphatic rings. The van der Waals surface area contributed by atoms with Crippen LogP contribution in [-0.2, 0) is 0 Å². The summed E-state index contributed by atoms with van der Waals surface area (Å²) in [7, 11) is 0. The smallest absolute Gasteiger partial charge is 0.161 e. The van der Waals surface area contributed by atoms with Crippen LogP contribution in [-0.4, -0.2) is 10.2 Å². The van der Waals surface area contributed by atoms with Gasteiger partial charge in [0.1, 0.15) is 0 Å². The van der Waals surface area contributed by atoms with Gasteiger partial charge in [0, 0.05) is 5.56 Å². The summed E-state index contributed by atoms with van der Waals surface area (Å²) in [6.07, 6.45) is 2.27. The van der Waals surface area contributed by atoms with Gasteiger partial charge in [0.25, 0.3) is 0 Å². The number of benzene rings is 1. The summed E-state index contributed by atoms with van der Waals surface area (Å²) in [5.41, 5.74) is 2.99. The average Bonchev–Trinajstić information content (AvgIpc) is 2.27. The average molecular weight is 234 g/mol. The number of hydrogen-bond acceptors (Lipinski definition) is 2. The van der Waals surface area contributed by atoms with E-state index in [4.69, 9.17) is 0 Å². The maximum absolute atomic E-state index is 10.2. The minimum Gasteiger partial charge on any atom is -0.504 e. The lowest BCUT2D eigenvalue weighted by Crippen LogP contribution is -2.17. The molecule has 2 unspecified atom stereocenters. The maximum atomic E-state index is 10.2. The van der Waals surface area contributed by atoms with Crippen molar-refractivity contribution in [2.24, 2.45) is 5.92 Å². The minimum atomic E-state index is 0.0588. The maximum Gasteiger partial charge on any atom is 0.161 e. The zero-order chi connectivity index (χ0) is 12.7. The molecule has 0 heterocycles. The fourth-order valence-corrected chi connectivity index (χ4v) is 3.02. The van der Waals surface area contributed by atoms with E-state index >= 15 is 0 Å². The van der Waals surface area contributed by atoms with Crippen LogP contribution in [0, 0.1) is 12.8 Å². The molecule has 0 fully saturated rings. The van der Waals surface area contributed by atoms with Gasteiger partial charge >= 0.3 is 0 Å². The zero-order valence-electron chi connectivity index (χ0n) is 11.1. The predicted octanol–water partition coefficient (Wildman–Crippen LogP) is 4.04. The summed E-state index contributed by atoms with van der Waals surface area (Å²) < 4.78 is 0. The van der Waals surface area contributed by atoms with Crippen molar-refractivity contribution in [2.45, 2.75) is 52.4 Å². The third-order valence-electron chi connectivity index (χ3n) is 4.15. The number of aromatic hydroxyl groups is 2. The van der Waals surface area contributed by atoms with Gasteiger partial charge in [-0.15, -0.1) is 0 Å². The normalized spacial score (nSPS) is 23.8. The predicted molar refractivity (Wildman–Crippen MR) is 69.7 cm³/mol. The van der Waals surface area contributed by atoms with E-state index in [9.17, 15) is 10.2 Å². The van der Waals surface area contributed by atoms with Gasteiger partial charge in [0.05, 0.1) is 0 Å². The van der Waals surface area contributed by atoms with Crippen molar-refractivity contribution in [1.29, 1.82) is 0 Å². The molecular weight excluding hydrogens is 212 g/mol. The van der Waals surface area contributed by atoms with E-state index in [1.165, 1.54) is 12.0 Å². The Hall–Kier alpha value is -1.18. The first-order valence-electron chi connectivity index (χ1n) is 6.48. The highest BCUT2D eigenvalue weighted by Crippen LogP contribution is 2.49. The molecule has 0 saturated carbocycles. The Balaban J connectivity index is 2.64. The molecule has 2 nitrogen and oxygen atoms in total. The topological polar surface area (TPSA) is 40.5 Å². The number of hydrogen-bond donors (Lipinski definition) is 2. The highest BCUT2D eigenvalue weighted by atomic mass is 16.3. The molecule has 2 atom stereocenters. The SMILES string of the molecule is Cc1cc2c(c(O)c1O)C(C(C)C)CCC2C. The lowest BCUT2D eigenvalue weighted by molar-refractivity contribution is 0.359. The molecule has 2 heteroatoms. The van der Waals surface area contributed by atoms with Crippen LogP contribution in [0.3, 0.4) is 0 Å². The third kappa shape index (κ3) is 1.90. The molecule has 94 valence electrons. The van der Waals surface area contributed by atoms with E-state index in [-0.39, 0.29) is 11.5 Å². The highest BCUT2D eigenvalue weighted by molar-refractivity contribution is 5.56. The first-order chi connectivity index (χ1) is 7.93. The fraction of sp³-hybridized carbons (Fsp3) is 0.600. The lowest BCUT2D eigenvalue weighted by atomic mass is 9.72. The van der Waals surface area contributed by atoms with Crippen LogP contribution in [0.5, 0.6) is 11.5 Å². The summed E-state index contributed by atoms with van der Waals surface area (Å²) in [6.45, 7) is 8.41. The van der Waals surface area contributed by atoms with E-state index < -0.39 is 0 Å². The second-order valence-corrected chi connectivity index (χ2v) is 5.72. The Morgan fingerprint density at radius 3 is 2.41 bits per heavy atom. The molecule has 0 aromatic heterocycles. The molecule has 1 aliphatic carbocycles. The van der Waals surface area contributed by atoms with Crippen molar-refractivity contribution in [1.82, 2.24) is 0 Å². The second kappa shape index (κ2) is 4.25. The van der Waals surface area contributed by atoms with Gasteiger partial charge < -0.3 is 10.2 Å². The summed E-state index contributed by atoms with van der Waals surface area (Å²) in [5.74, 6) is 1.51. The molecule has 0 radical (unpaired) electrons. The van der Waals surface area contributed by atoms with Crippen LogP contribution in [0.15, 0.2) is 6.07 Å². The van der Waals surface area contributed by atoms with Gasteiger partial charge in [-0.05, 0) is 48.6 Å². The molecule has 1 aromatic rings. The quantitative estimate of drug-likeness (QED) is 0.720. The Morgan fingerprint density at radius 1 is 1.18 bits per heavy atom. The lowest BCUT2D eigenvalue weighted by Gasteiger charge is -2.33. The van der Waals surface area contributed by atoms with Crippen LogP contribution in [0.2, 0.25) is 0 Å². The van der Waals surface area contributed by atoms with Crippen molar-refractivity contribution < 1.29 is 10.2 Å². The molecule has 2 N–H and O–H groups in total. The summed E-state index contributed by atoms with van der Waals surface area (Å²) in [6, 6.07) is 2.05. The largest absolute Gasteiger partial charge is 0.504 e. The summed E-state index contributed by atoms with van der Waals surface area (Å²) in [4.78, 5) is 0. The molecule has 0 aliphatic heterocycles. The van der Waals surface area contributed by atoms with Crippen molar-refractivity contribution in [3.8, 4) is 11.5 Å². The van der Waals surface area contributed by atoms with Gasteiger partial charge in [-0.1, -0.05) is 26.8 Å². The monoisotopic (exact) mass is 234 g/mol. The molecule has 0 amide bonds. The van der Waals surface area contributed by atoms with Crippen molar-refractivity contribution in [2.75, 3.05) is 0 Å². The van der Waals surface area contributed by atoms with Gasteiger partial charge in [0.15, 0.2) is 11.5 Å². The number of aryl methyl sites for hydroxylation is 1. The standard InChI is InChI=1S/C15H22O2/c1-8(2)11-6-5-9(3)12-7-10(4)14(16)15(17)13(11)12/h7-9,11,16-17H,5-6H2,1-4H3. The van der Waals surface area contributed by atoms with Crippen LogP contribution in [0.4, 0.5) is 0 Å². The summed E-state index contributed by atoms with van der Waals surface area (Å²) in [5, 5.41) is 20.1. The molecule has 1 aromatic carbocycles. The van der Waals surface area contributed by atoms with Crippen molar-refractivity contribution >= 4 is 0 Å². The van der Waals surface area contributed by atoms with Gasteiger partial charge in [-0.2, -0.15) is 0 Å². The number of fused-ring (bicyclic) bond motifs is 1. The second-order valence-electron chi connectivity index (χ2n) is 5.72. The molecular formula is C15H22O2. The van der Waals surface area contributed by atoms with Gasteiger partial charge in [0.2, 0.25) is 0 Å². The van der Waals surface area contributed by atoms with E-state index in [2.05, 4.69) is 20.8 Å². The first kappa shape index (κ1) is 12.3. The highest BCUT2D eigenvalue weighted by Gasteiger charge is 2.31. The molecule has 0 saturated heterocycles. The zero-order valence-corrected chi connectivity index (χ0v) is 11.1. The van der Waals surface area contributed by atoms with Crippen molar-refractivity contribution in [3.05, 3.63) is 22.8 Å². The van der Waals surface area contributed by atoms with E-state index in [0.29, 0.717) is 17.8 Å². The minimum absolute atomic E-state index is 0.0588. The van der Waals surface area contributed by atoms with Crippen LogP contribution >= 0.6 is 0 Å². The summed E-state index contributed by atoms with van der Waals surface area (Å²) >= 11 is 0.